The third-order valence-corrected chi connectivity index (χ3v) is 3.05. The van der Waals surface area contributed by atoms with Gasteiger partial charge in [-0.3, -0.25) is 0 Å². The lowest BCUT2D eigenvalue weighted by molar-refractivity contribution is -0.274. The molecule has 106 valence electrons. The number of rotatable bonds is 3. The van der Waals surface area contributed by atoms with E-state index in [1.165, 1.54) is 24.3 Å². The zero-order chi connectivity index (χ0) is 14.8. The van der Waals surface area contributed by atoms with E-state index in [1.54, 1.807) is 18.3 Å². The SMILES string of the molecule is N[C@@H](c1ccc(OC(F)(F)F)cc1)c1ccc(Br)nc1. The van der Waals surface area contributed by atoms with Crippen molar-refractivity contribution in [3.8, 4) is 5.75 Å². The first-order chi connectivity index (χ1) is 9.35. The van der Waals surface area contributed by atoms with Crippen LogP contribution in [0.3, 0.4) is 0 Å². The smallest absolute Gasteiger partial charge is 0.406 e. The minimum atomic E-state index is -4.70. The number of pyridine rings is 1. The van der Waals surface area contributed by atoms with Gasteiger partial charge in [-0.25, -0.2) is 4.98 Å². The summed E-state index contributed by atoms with van der Waals surface area (Å²) in [5, 5.41) is 0. The predicted molar refractivity (Wildman–Crippen MR) is 71.1 cm³/mol. The van der Waals surface area contributed by atoms with Gasteiger partial charge in [0.1, 0.15) is 10.4 Å². The molecule has 2 N–H and O–H groups in total. The molecule has 0 spiro atoms. The third-order valence-electron chi connectivity index (χ3n) is 2.58. The first kappa shape index (κ1) is 14.8. The Morgan fingerprint density at radius 1 is 1.05 bits per heavy atom. The predicted octanol–water partition coefficient (Wildman–Crippen LogP) is 3.79. The third kappa shape index (κ3) is 3.94. The molecule has 20 heavy (non-hydrogen) atoms. The van der Waals surface area contributed by atoms with Crippen molar-refractivity contribution < 1.29 is 17.9 Å². The van der Waals surface area contributed by atoms with E-state index in [1.807, 2.05) is 0 Å². The van der Waals surface area contributed by atoms with Crippen molar-refractivity contribution in [1.29, 1.82) is 0 Å². The topological polar surface area (TPSA) is 48.1 Å². The van der Waals surface area contributed by atoms with Gasteiger partial charge in [-0.05, 0) is 45.3 Å². The molecular weight excluding hydrogens is 337 g/mol. The molecule has 0 aliphatic rings. The number of ether oxygens (including phenoxy) is 1. The van der Waals surface area contributed by atoms with Crippen LogP contribution in [0, 0.1) is 0 Å². The largest absolute Gasteiger partial charge is 0.573 e. The first-order valence-electron chi connectivity index (χ1n) is 5.58. The fourth-order valence-corrected chi connectivity index (χ4v) is 1.88. The number of benzene rings is 1. The lowest BCUT2D eigenvalue weighted by atomic mass is 10.0. The second kappa shape index (κ2) is 5.80. The minimum Gasteiger partial charge on any atom is -0.406 e. The maximum atomic E-state index is 12.0. The van der Waals surface area contributed by atoms with E-state index in [2.05, 4.69) is 25.7 Å². The summed E-state index contributed by atoms with van der Waals surface area (Å²) >= 11 is 3.21. The summed E-state index contributed by atoms with van der Waals surface area (Å²) in [6, 6.07) is 8.53. The van der Waals surface area contributed by atoms with Gasteiger partial charge in [0.05, 0.1) is 6.04 Å². The van der Waals surface area contributed by atoms with Crippen LogP contribution in [-0.2, 0) is 0 Å². The van der Waals surface area contributed by atoms with Gasteiger partial charge in [0.2, 0.25) is 0 Å². The van der Waals surface area contributed by atoms with Crippen LogP contribution in [0.25, 0.3) is 0 Å². The van der Waals surface area contributed by atoms with Crippen molar-refractivity contribution in [2.75, 3.05) is 0 Å². The van der Waals surface area contributed by atoms with Crippen LogP contribution >= 0.6 is 15.9 Å². The lowest BCUT2D eigenvalue weighted by Gasteiger charge is -2.13. The molecule has 0 amide bonds. The van der Waals surface area contributed by atoms with Crippen molar-refractivity contribution in [3.05, 3.63) is 58.3 Å². The molecule has 2 rings (SSSR count). The van der Waals surface area contributed by atoms with E-state index in [0.29, 0.717) is 10.2 Å². The van der Waals surface area contributed by atoms with Crippen molar-refractivity contribution in [2.45, 2.75) is 12.4 Å². The van der Waals surface area contributed by atoms with Gasteiger partial charge < -0.3 is 10.5 Å². The molecule has 0 fully saturated rings. The zero-order valence-corrected chi connectivity index (χ0v) is 11.6. The van der Waals surface area contributed by atoms with Crippen LogP contribution in [0.2, 0.25) is 0 Å². The first-order valence-corrected chi connectivity index (χ1v) is 6.37. The molecule has 1 aromatic carbocycles. The summed E-state index contributed by atoms with van der Waals surface area (Å²) < 4.78 is 40.6. The Kier molecular flexibility index (Phi) is 4.29. The number of hydrogen-bond donors (Lipinski definition) is 1. The standard InChI is InChI=1S/C13H10BrF3N2O/c14-11-6-3-9(7-19-11)12(18)8-1-4-10(5-2-8)20-13(15,16)17/h1-7,12H,18H2/t12-/m0/s1. The van der Waals surface area contributed by atoms with Gasteiger partial charge in [-0.2, -0.15) is 0 Å². The van der Waals surface area contributed by atoms with Gasteiger partial charge in [-0.1, -0.05) is 18.2 Å². The van der Waals surface area contributed by atoms with Crippen molar-refractivity contribution in [2.24, 2.45) is 5.73 Å². The Hall–Kier alpha value is -1.60. The van der Waals surface area contributed by atoms with Crippen molar-refractivity contribution >= 4 is 15.9 Å². The molecule has 0 aliphatic carbocycles. The maximum Gasteiger partial charge on any atom is 0.573 e. The summed E-state index contributed by atoms with van der Waals surface area (Å²) in [4.78, 5) is 4.05. The van der Waals surface area contributed by atoms with E-state index in [0.717, 1.165) is 5.56 Å². The van der Waals surface area contributed by atoms with Gasteiger partial charge in [0.25, 0.3) is 0 Å². The van der Waals surface area contributed by atoms with E-state index in [-0.39, 0.29) is 5.75 Å². The normalized spacial score (nSPS) is 13.1. The lowest BCUT2D eigenvalue weighted by Crippen LogP contribution is -2.17. The molecule has 0 unspecified atom stereocenters. The van der Waals surface area contributed by atoms with Crippen molar-refractivity contribution in [1.82, 2.24) is 4.98 Å². The Bertz CT molecular complexity index is 570. The molecular formula is C13H10BrF3N2O. The molecule has 0 bridgehead atoms. The van der Waals surface area contributed by atoms with Gasteiger partial charge in [-0.15, -0.1) is 13.2 Å². The summed E-state index contributed by atoms with van der Waals surface area (Å²) in [7, 11) is 0. The molecule has 1 atom stereocenters. The Morgan fingerprint density at radius 3 is 2.15 bits per heavy atom. The van der Waals surface area contributed by atoms with E-state index < -0.39 is 12.4 Å². The molecule has 0 saturated carbocycles. The zero-order valence-electron chi connectivity index (χ0n) is 10.1. The summed E-state index contributed by atoms with van der Waals surface area (Å²) in [6.07, 6.45) is -3.09. The monoisotopic (exact) mass is 346 g/mol. The molecule has 3 nitrogen and oxygen atoms in total. The highest BCUT2D eigenvalue weighted by atomic mass is 79.9. The van der Waals surface area contributed by atoms with Crippen LogP contribution < -0.4 is 10.5 Å². The van der Waals surface area contributed by atoms with Crippen LogP contribution in [0.5, 0.6) is 5.75 Å². The molecule has 1 aromatic heterocycles. The fourth-order valence-electron chi connectivity index (χ4n) is 1.64. The Labute approximate surface area is 121 Å². The average molecular weight is 347 g/mol. The molecule has 0 aliphatic heterocycles. The van der Waals surface area contributed by atoms with E-state index >= 15 is 0 Å². The summed E-state index contributed by atoms with van der Waals surface area (Å²) in [6.45, 7) is 0. The number of halogens is 4. The van der Waals surface area contributed by atoms with Crippen LogP contribution in [0.15, 0.2) is 47.2 Å². The highest BCUT2D eigenvalue weighted by Crippen LogP contribution is 2.26. The molecule has 0 radical (unpaired) electrons. The van der Waals surface area contributed by atoms with Crippen LogP contribution in [0.4, 0.5) is 13.2 Å². The number of aromatic nitrogens is 1. The number of alkyl halides is 3. The molecule has 2 aromatic rings. The minimum absolute atomic E-state index is 0.276. The van der Waals surface area contributed by atoms with Gasteiger partial charge in [0, 0.05) is 6.20 Å². The highest BCUT2D eigenvalue weighted by Gasteiger charge is 2.31. The second-order valence-corrected chi connectivity index (χ2v) is 4.82. The van der Waals surface area contributed by atoms with Crippen LogP contribution in [0.1, 0.15) is 17.2 Å². The second-order valence-electron chi connectivity index (χ2n) is 4.01. The summed E-state index contributed by atoms with van der Waals surface area (Å²) in [5.74, 6) is -0.276. The van der Waals surface area contributed by atoms with E-state index in [4.69, 9.17) is 5.73 Å². The quantitative estimate of drug-likeness (QED) is 0.860. The van der Waals surface area contributed by atoms with Crippen molar-refractivity contribution in [3.63, 3.8) is 0 Å². The molecule has 0 saturated heterocycles. The number of hydrogen-bond acceptors (Lipinski definition) is 3. The summed E-state index contributed by atoms with van der Waals surface area (Å²) in [5.41, 5.74) is 7.46. The molecule has 7 heteroatoms. The Balaban J connectivity index is 2.15. The number of nitrogens with zero attached hydrogens (tertiary/aromatic N) is 1. The Morgan fingerprint density at radius 2 is 1.65 bits per heavy atom. The highest BCUT2D eigenvalue weighted by molar-refractivity contribution is 9.10. The van der Waals surface area contributed by atoms with Crippen LogP contribution in [-0.4, -0.2) is 11.3 Å². The fraction of sp³-hybridized carbons (Fsp3) is 0.154. The number of nitrogens with two attached hydrogens (primary N) is 1. The van der Waals surface area contributed by atoms with E-state index in [9.17, 15) is 13.2 Å². The van der Waals surface area contributed by atoms with Gasteiger partial charge >= 0.3 is 6.36 Å². The molecule has 1 heterocycles. The maximum absolute atomic E-state index is 12.0. The average Bonchev–Trinajstić information content (AvgIpc) is 2.38. The van der Waals surface area contributed by atoms with Gasteiger partial charge in [0.15, 0.2) is 0 Å².